The van der Waals surface area contributed by atoms with Crippen molar-refractivity contribution in [2.24, 2.45) is 5.73 Å². The highest BCUT2D eigenvalue weighted by Gasteiger charge is 2.22. The quantitative estimate of drug-likeness (QED) is 0.787. The summed E-state index contributed by atoms with van der Waals surface area (Å²) in [6.45, 7) is 1.96. The summed E-state index contributed by atoms with van der Waals surface area (Å²) in [5.41, 5.74) is 6.93. The number of hydrogen-bond donors (Lipinski definition) is 2. The Morgan fingerprint density at radius 3 is 3.00 bits per heavy atom. The average Bonchev–Trinajstić information content (AvgIpc) is 3.11. The Kier molecular flexibility index (Phi) is 4.07. The van der Waals surface area contributed by atoms with Crippen LogP contribution >= 0.6 is 11.8 Å². The van der Waals surface area contributed by atoms with Crippen LogP contribution < -0.4 is 11.1 Å². The van der Waals surface area contributed by atoms with Crippen LogP contribution in [-0.4, -0.2) is 17.7 Å². The average molecular weight is 250 g/mol. The number of nitrogens with one attached hydrogen (secondary N) is 1. The fourth-order valence-corrected chi connectivity index (χ4v) is 2.31. The van der Waals surface area contributed by atoms with Gasteiger partial charge in [-0.15, -0.1) is 11.8 Å². The summed E-state index contributed by atoms with van der Waals surface area (Å²) in [6, 6.07) is 8.55. The van der Waals surface area contributed by atoms with Gasteiger partial charge in [-0.1, -0.05) is 12.1 Å². The number of nitrogens with two attached hydrogens (primary N) is 1. The smallest absolute Gasteiger partial charge is 0.230 e. The summed E-state index contributed by atoms with van der Waals surface area (Å²) in [5.74, 6) is 0.613. The largest absolute Gasteiger partial charge is 0.353 e. The SMILES string of the molecule is CC(N)c1cccc(SCC(=O)NC2CC2)c1. The molecule has 1 aliphatic rings. The van der Waals surface area contributed by atoms with Gasteiger partial charge in [0, 0.05) is 17.0 Å². The van der Waals surface area contributed by atoms with E-state index in [0.29, 0.717) is 11.8 Å². The number of carbonyl (C=O) groups is 1. The topological polar surface area (TPSA) is 55.1 Å². The van der Waals surface area contributed by atoms with E-state index < -0.39 is 0 Å². The molecular weight excluding hydrogens is 232 g/mol. The van der Waals surface area contributed by atoms with Gasteiger partial charge in [-0.3, -0.25) is 4.79 Å². The summed E-state index contributed by atoms with van der Waals surface area (Å²) in [7, 11) is 0. The van der Waals surface area contributed by atoms with E-state index in [1.54, 1.807) is 11.8 Å². The van der Waals surface area contributed by atoms with Gasteiger partial charge in [-0.25, -0.2) is 0 Å². The molecule has 0 aliphatic heterocycles. The van der Waals surface area contributed by atoms with Gasteiger partial charge < -0.3 is 11.1 Å². The number of amides is 1. The molecule has 17 heavy (non-hydrogen) atoms. The molecule has 0 spiro atoms. The Labute approximate surface area is 106 Å². The Balaban J connectivity index is 1.84. The third kappa shape index (κ3) is 4.06. The molecule has 4 heteroatoms. The maximum absolute atomic E-state index is 11.5. The van der Waals surface area contributed by atoms with Gasteiger partial charge in [0.15, 0.2) is 0 Å². The van der Waals surface area contributed by atoms with Crippen LogP contribution in [0.4, 0.5) is 0 Å². The highest BCUT2D eigenvalue weighted by Crippen LogP contribution is 2.22. The van der Waals surface area contributed by atoms with E-state index in [9.17, 15) is 4.79 Å². The lowest BCUT2D eigenvalue weighted by Crippen LogP contribution is -2.26. The van der Waals surface area contributed by atoms with Crippen LogP contribution in [0.2, 0.25) is 0 Å². The molecule has 0 heterocycles. The van der Waals surface area contributed by atoms with Crippen molar-refractivity contribution in [3.05, 3.63) is 29.8 Å². The second-order valence-corrected chi connectivity index (χ2v) is 5.54. The lowest BCUT2D eigenvalue weighted by molar-refractivity contribution is -0.118. The van der Waals surface area contributed by atoms with Crippen molar-refractivity contribution in [1.82, 2.24) is 5.32 Å². The highest BCUT2D eigenvalue weighted by atomic mass is 32.2. The zero-order valence-electron chi connectivity index (χ0n) is 9.98. The Hall–Kier alpha value is -1.00. The number of carbonyl (C=O) groups excluding carboxylic acids is 1. The van der Waals surface area contributed by atoms with Crippen LogP contribution in [0.1, 0.15) is 31.4 Å². The van der Waals surface area contributed by atoms with Crippen LogP contribution in [0, 0.1) is 0 Å². The summed E-state index contributed by atoms with van der Waals surface area (Å²) in [4.78, 5) is 12.6. The first kappa shape index (κ1) is 12.5. The standard InChI is InChI=1S/C13H18N2OS/c1-9(14)10-3-2-4-12(7-10)17-8-13(16)15-11-5-6-11/h2-4,7,9,11H,5-6,8,14H2,1H3,(H,15,16). The molecule has 2 rings (SSSR count). The van der Waals surface area contributed by atoms with Crippen molar-refractivity contribution in [2.75, 3.05) is 5.75 Å². The van der Waals surface area contributed by atoms with E-state index in [2.05, 4.69) is 11.4 Å². The van der Waals surface area contributed by atoms with Crippen LogP contribution in [0.25, 0.3) is 0 Å². The Morgan fingerprint density at radius 1 is 1.59 bits per heavy atom. The van der Waals surface area contributed by atoms with E-state index in [-0.39, 0.29) is 11.9 Å². The second-order valence-electron chi connectivity index (χ2n) is 4.49. The zero-order chi connectivity index (χ0) is 12.3. The molecule has 1 fully saturated rings. The van der Waals surface area contributed by atoms with Gasteiger partial charge in [0.2, 0.25) is 5.91 Å². The lowest BCUT2D eigenvalue weighted by Gasteiger charge is -2.08. The number of rotatable bonds is 5. The maximum Gasteiger partial charge on any atom is 0.230 e. The molecule has 0 radical (unpaired) electrons. The molecule has 1 aliphatic carbocycles. The summed E-state index contributed by atoms with van der Waals surface area (Å²) < 4.78 is 0. The minimum absolute atomic E-state index is 0.0378. The van der Waals surface area contributed by atoms with Crippen molar-refractivity contribution in [2.45, 2.75) is 36.7 Å². The molecule has 0 aromatic heterocycles. The molecule has 1 atom stereocenters. The minimum atomic E-state index is 0.0378. The summed E-state index contributed by atoms with van der Waals surface area (Å²) in [5, 5.41) is 2.98. The van der Waals surface area contributed by atoms with Crippen LogP contribution in [-0.2, 0) is 4.79 Å². The van der Waals surface area contributed by atoms with Gasteiger partial charge in [0.25, 0.3) is 0 Å². The van der Waals surface area contributed by atoms with Crippen molar-refractivity contribution < 1.29 is 4.79 Å². The predicted octanol–water partition coefficient (Wildman–Crippen LogP) is 2.08. The van der Waals surface area contributed by atoms with E-state index >= 15 is 0 Å². The molecule has 1 aromatic rings. The van der Waals surface area contributed by atoms with Crippen molar-refractivity contribution >= 4 is 17.7 Å². The molecule has 92 valence electrons. The number of hydrogen-bond acceptors (Lipinski definition) is 3. The summed E-state index contributed by atoms with van der Waals surface area (Å²) in [6.07, 6.45) is 2.27. The second kappa shape index (κ2) is 5.56. The van der Waals surface area contributed by atoms with E-state index in [4.69, 9.17) is 5.73 Å². The third-order valence-electron chi connectivity index (χ3n) is 2.70. The van der Waals surface area contributed by atoms with Crippen molar-refractivity contribution in [3.8, 4) is 0 Å². The molecule has 3 nitrogen and oxygen atoms in total. The molecule has 0 bridgehead atoms. The first-order valence-corrected chi connectivity index (χ1v) is 6.91. The van der Waals surface area contributed by atoms with Gasteiger partial charge in [-0.2, -0.15) is 0 Å². The normalized spacial score (nSPS) is 16.6. The summed E-state index contributed by atoms with van der Waals surface area (Å²) >= 11 is 1.56. The van der Waals surface area contributed by atoms with Crippen LogP contribution in [0.3, 0.4) is 0 Å². The monoisotopic (exact) mass is 250 g/mol. The third-order valence-corrected chi connectivity index (χ3v) is 3.69. The predicted molar refractivity (Wildman–Crippen MR) is 70.9 cm³/mol. The molecule has 0 saturated heterocycles. The van der Waals surface area contributed by atoms with Crippen LogP contribution in [0.15, 0.2) is 29.2 Å². The fraction of sp³-hybridized carbons (Fsp3) is 0.462. The number of thioether (sulfide) groups is 1. The van der Waals surface area contributed by atoms with Crippen LogP contribution in [0.5, 0.6) is 0 Å². The van der Waals surface area contributed by atoms with E-state index in [0.717, 1.165) is 23.3 Å². The number of benzene rings is 1. The van der Waals surface area contributed by atoms with E-state index in [1.807, 2.05) is 25.1 Å². The first-order valence-electron chi connectivity index (χ1n) is 5.93. The molecule has 1 saturated carbocycles. The maximum atomic E-state index is 11.5. The molecule has 1 amide bonds. The minimum Gasteiger partial charge on any atom is -0.353 e. The highest BCUT2D eigenvalue weighted by molar-refractivity contribution is 8.00. The van der Waals surface area contributed by atoms with Gasteiger partial charge >= 0.3 is 0 Å². The molecule has 1 unspecified atom stereocenters. The first-order chi connectivity index (χ1) is 8.15. The Morgan fingerprint density at radius 2 is 2.35 bits per heavy atom. The van der Waals surface area contributed by atoms with Gasteiger partial charge in [0.05, 0.1) is 5.75 Å². The molecular formula is C13H18N2OS. The fourth-order valence-electron chi connectivity index (χ4n) is 1.53. The van der Waals surface area contributed by atoms with Gasteiger partial charge in [-0.05, 0) is 37.5 Å². The lowest BCUT2D eigenvalue weighted by atomic mass is 10.1. The van der Waals surface area contributed by atoms with Crippen molar-refractivity contribution in [1.29, 1.82) is 0 Å². The van der Waals surface area contributed by atoms with Crippen molar-refractivity contribution in [3.63, 3.8) is 0 Å². The zero-order valence-corrected chi connectivity index (χ0v) is 10.8. The van der Waals surface area contributed by atoms with E-state index in [1.165, 1.54) is 0 Å². The molecule has 3 N–H and O–H groups in total. The molecule has 1 aromatic carbocycles. The van der Waals surface area contributed by atoms with Gasteiger partial charge in [0.1, 0.15) is 0 Å². The Bertz CT molecular complexity index is 402.